The highest BCUT2D eigenvalue weighted by molar-refractivity contribution is 6.53. The van der Waals surface area contributed by atoms with Gasteiger partial charge in [-0.05, 0) is 35.4 Å². The molecule has 0 bridgehead atoms. The number of aromatic hydroxyl groups is 1. The number of hydrogen-bond donors (Lipinski definition) is 1. The molecule has 0 spiro atoms. The summed E-state index contributed by atoms with van der Waals surface area (Å²) in [5.41, 5.74) is 0.323. The first-order valence-corrected chi connectivity index (χ1v) is 12.1. The van der Waals surface area contributed by atoms with Gasteiger partial charge in [0.25, 0.3) is 11.8 Å². The van der Waals surface area contributed by atoms with E-state index in [2.05, 4.69) is 0 Å². The fraction of sp³-hybridized carbons (Fsp3) is 0.280. The van der Waals surface area contributed by atoms with E-state index in [1.54, 1.807) is 48.5 Å². The van der Waals surface area contributed by atoms with Crippen LogP contribution >= 0.6 is 23.2 Å². The van der Waals surface area contributed by atoms with Gasteiger partial charge in [-0.1, -0.05) is 36.4 Å². The maximum absolute atomic E-state index is 13.7. The summed E-state index contributed by atoms with van der Waals surface area (Å²) in [6.45, 7) is 0.0509. The van der Waals surface area contributed by atoms with Gasteiger partial charge in [-0.2, -0.15) is 0 Å². The molecule has 6 rings (SSSR count). The summed E-state index contributed by atoms with van der Waals surface area (Å²) >= 11 is 14.1. The normalized spacial score (nSPS) is 29.0. The van der Waals surface area contributed by atoms with E-state index in [9.17, 15) is 24.3 Å². The highest BCUT2D eigenvalue weighted by Gasteiger charge is 2.74. The zero-order valence-corrected chi connectivity index (χ0v) is 20.5. The third-order valence-electron chi connectivity index (χ3n) is 7.50. The number of amides is 2. The number of rotatable bonds is 2. The third kappa shape index (κ3) is 2.67. The van der Waals surface area contributed by atoms with Gasteiger partial charge in [-0.3, -0.25) is 14.5 Å². The average molecular weight is 527 g/mol. The number of halogens is 2. The van der Waals surface area contributed by atoms with E-state index < -0.39 is 44.9 Å². The Kier molecular flexibility index (Phi) is 4.75. The second-order valence-corrected chi connectivity index (χ2v) is 10.5. The first kappa shape index (κ1) is 22.9. The average Bonchev–Trinajstić information content (AvgIpc) is 3.19. The number of imide groups is 1. The van der Waals surface area contributed by atoms with Crippen LogP contribution in [0.1, 0.15) is 23.9 Å². The van der Waals surface area contributed by atoms with Crippen molar-refractivity contribution in [2.45, 2.75) is 34.7 Å². The molecule has 2 amide bonds. The van der Waals surface area contributed by atoms with Crippen molar-refractivity contribution in [1.29, 1.82) is 0 Å². The van der Waals surface area contributed by atoms with Gasteiger partial charge in [0.1, 0.15) is 5.75 Å². The van der Waals surface area contributed by atoms with Crippen LogP contribution in [0.25, 0.3) is 5.69 Å². The summed E-state index contributed by atoms with van der Waals surface area (Å²) < 4.78 is 3.67. The summed E-state index contributed by atoms with van der Waals surface area (Å²) in [6.07, 6.45) is 1.58. The number of nitrogens with zero attached hydrogens (tertiary/aromatic N) is 4. The predicted octanol–water partition coefficient (Wildman–Crippen LogP) is 2.13. The van der Waals surface area contributed by atoms with Crippen LogP contribution < -0.4 is 11.4 Å². The van der Waals surface area contributed by atoms with E-state index in [4.69, 9.17) is 23.2 Å². The minimum absolute atomic E-state index is 0.0509. The van der Waals surface area contributed by atoms with Crippen molar-refractivity contribution in [2.75, 3.05) is 7.05 Å². The van der Waals surface area contributed by atoms with Crippen molar-refractivity contribution in [3.63, 3.8) is 0 Å². The second kappa shape index (κ2) is 7.47. The Morgan fingerprint density at radius 3 is 2.36 bits per heavy atom. The largest absolute Gasteiger partial charge is 0.508 e. The molecular weight excluding hydrogens is 507 g/mol. The Bertz CT molecular complexity index is 1610. The van der Waals surface area contributed by atoms with Crippen LogP contribution in [0.2, 0.25) is 0 Å². The first-order valence-electron chi connectivity index (χ1n) is 11.3. The number of hydrogen-bond acceptors (Lipinski definition) is 5. The highest BCUT2D eigenvalue weighted by Crippen LogP contribution is 2.63. The van der Waals surface area contributed by atoms with Crippen LogP contribution in [0, 0.1) is 0 Å². The van der Waals surface area contributed by atoms with Crippen molar-refractivity contribution in [1.82, 2.24) is 18.8 Å². The molecule has 1 aliphatic carbocycles. The van der Waals surface area contributed by atoms with Gasteiger partial charge in [-0.25, -0.2) is 23.5 Å². The highest BCUT2D eigenvalue weighted by atomic mass is 35.5. The third-order valence-corrected chi connectivity index (χ3v) is 8.91. The van der Waals surface area contributed by atoms with Gasteiger partial charge in [0, 0.05) is 19.4 Å². The van der Waals surface area contributed by atoms with Crippen LogP contribution in [0.3, 0.4) is 0 Å². The first-order chi connectivity index (χ1) is 17.1. The Hall–Kier alpha value is -3.56. The van der Waals surface area contributed by atoms with Crippen LogP contribution in [0.5, 0.6) is 5.75 Å². The maximum atomic E-state index is 13.7. The van der Waals surface area contributed by atoms with Gasteiger partial charge in [0.15, 0.2) is 9.75 Å². The molecule has 1 aromatic heterocycles. The van der Waals surface area contributed by atoms with E-state index >= 15 is 0 Å². The zero-order chi connectivity index (χ0) is 25.6. The van der Waals surface area contributed by atoms with E-state index in [0.29, 0.717) is 16.8 Å². The smallest absolute Gasteiger partial charge is 0.352 e. The van der Waals surface area contributed by atoms with E-state index in [-0.39, 0.29) is 18.7 Å². The molecule has 2 fully saturated rings. The molecule has 2 aromatic carbocycles. The Morgan fingerprint density at radius 1 is 0.944 bits per heavy atom. The van der Waals surface area contributed by atoms with Crippen molar-refractivity contribution in [3.05, 3.63) is 92.8 Å². The van der Waals surface area contributed by atoms with Gasteiger partial charge in [0.05, 0.1) is 18.3 Å². The summed E-state index contributed by atoms with van der Waals surface area (Å²) in [6, 6.07) is 13.9. The molecule has 3 aliphatic rings. The number of fused-ring (bicyclic) bond motifs is 4. The number of para-hydroxylation sites is 1. The van der Waals surface area contributed by atoms with E-state index in [0.717, 1.165) is 9.47 Å². The molecule has 3 heterocycles. The van der Waals surface area contributed by atoms with Crippen molar-refractivity contribution < 1.29 is 14.7 Å². The molecular formula is C25H20Cl2N4O5. The monoisotopic (exact) mass is 526 g/mol. The lowest BCUT2D eigenvalue weighted by molar-refractivity contribution is -0.137. The van der Waals surface area contributed by atoms with E-state index in [1.807, 2.05) is 0 Å². The molecule has 1 saturated carbocycles. The number of likely N-dealkylation sites (tertiary alicyclic amines) is 1. The summed E-state index contributed by atoms with van der Waals surface area (Å²) in [7, 11) is 1.32. The summed E-state index contributed by atoms with van der Waals surface area (Å²) in [5, 5.41) is 10.2. The number of allylic oxidation sites excluding steroid dienone is 2. The Labute approximate surface area is 214 Å². The number of carbonyl (C=O) groups is 2. The molecule has 184 valence electrons. The number of phenolic OH excluding ortho intramolecular Hbond substituents is 1. The van der Waals surface area contributed by atoms with Crippen LogP contribution in [0.15, 0.2) is 75.8 Å². The molecule has 0 radical (unpaired) electrons. The SMILES string of the molecule is CN1C(=O)[C@]2(Cl)C[C@@H]3C(=CCn4c(=O)n(-c5ccccc5)c(=O)n43)[C@H](c3cccc(O)c3)[C@]2(Cl)C1=O. The van der Waals surface area contributed by atoms with Crippen molar-refractivity contribution >= 4 is 35.0 Å². The number of benzene rings is 2. The Balaban J connectivity index is 1.62. The van der Waals surface area contributed by atoms with Crippen molar-refractivity contribution in [2.24, 2.45) is 0 Å². The van der Waals surface area contributed by atoms with Crippen molar-refractivity contribution in [3.8, 4) is 11.4 Å². The summed E-state index contributed by atoms with van der Waals surface area (Å²) in [4.78, 5) is 50.9. The molecule has 36 heavy (non-hydrogen) atoms. The second-order valence-electron chi connectivity index (χ2n) is 9.30. The lowest BCUT2D eigenvalue weighted by Crippen LogP contribution is -2.59. The molecule has 1 saturated heterocycles. The predicted molar refractivity (Wildman–Crippen MR) is 132 cm³/mol. The number of alkyl halides is 2. The number of carbonyl (C=O) groups excluding carboxylic acids is 2. The maximum Gasteiger partial charge on any atom is 0.352 e. The van der Waals surface area contributed by atoms with Gasteiger partial charge in [-0.15, -0.1) is 23.2 Å². The minimum Gasteiger partial charge on any atom is -0.508 e. The lowest BCUT2D eigenvalue weighted by Gasteiger charge is -2.49. The number of phenols is 1. The molecule has 4 atom stereocenters. The van der Waals surface area contributed by atoms with Gasteiger partial charge in [0.2, 0.25) is 0 Å². The molecule has 9 nitrogen and oxygen atoms in total. The minimum atomic E-state index is -1.90. The quantitative estimate of drug-likeness (QED) is 0.312. The van der Waals surface area contributed by atoms with Gasteiger partial charge >= 0.3 is 11.4 Å². The van der Waals surface area contributed by atoms with Gasteiger partial charge < -0.3 is 5.11 Å². The molecule has 2 aliphatic heterocycles. The molecule has 0 unspecified atom stereocenters. The number of aromatic nitrogens is 3. The lowest BCUT2D eigenvalue weighted by atomic mass is 9.64. The van der Waals surface area contributed by atoms with Crippen LogP contribution in [0.4, 0.5) is 0 Å². The van der Waals surface area contributed by atoms with Crippen LogP contribution in [-0.4, -0.2) is 52.5 Å². The molecule has 1 N–H and O–H groups in total. The standard InChI is InChI=1S/C25H20Cl2N4O5/c1-28-20(33)24(26)13-18-17(19(25(24,27)21(28)34)14-6-5-9-16(32)12-14)10-11-29-22(35)30(23(36)31(18)29)15-7-3-2-4-8-15/h2-10,12,18-19,32H,11,13H2,1H3/t18-,19+,24-,25+/m1/s1. The Morgan fingerprint density at radius 2 is 1.67 bits per heavy atom. The topological polar surface area (TPSA) is 107 Å². The fourth-order valence-corrected chi connectivity index (χ4v) is 6.88. The fourth-order valence-electron chi connectivity index (χ4n) is 5.88. The van der Waals surface area contributed by atoms with Crippen LogP contribution in [-0.2, 0) is 16.1 Å². The summed E-state index contributed by atoms with van der Waals surface area (Å²) in [5.74, 6) is -2.34. The zero-order valence-electron chi connectivity index (χ0n) is 19.0. The van der Waals surface area contributed by atoms with E-state index in [1.165, 1.54) is 28.5 Å². The molecule has 3 aromatic rings. The molecule has 11 heteroatoms.